The minimum absolute atomic E-state index is 0.0543. The zero-order valence-electron chi connectivity index (χ0n) is 17.1. The second kappa shape index (κ2) is 9.18. The first kappa shape index (κ1) is 22.3. The lowest BCUT2D eigenvalue weighted by Crippen LogP contribution is -2.30. The van der Waals surface area contributed by atoms with E-state index < -0.39 is 20.0 Å². The summed E-state index contributed by atoms with van der Waals surface area (Å²) in [5, 5.41) is 0. The van der Waals surface area contributed by atoms with Crippen molar-refractivity contribution in [3.05, 3.63) is 54.1 Å². The van der Waals surface area contributed by atoms with E-state index in [1.807, 2.05) is 13.8 Å². The zero-order valence-corrected chi connectivity index (χ0v) is 18.8. The summed E-state index contributed by atoms with van der Waals surface area (Å²) in [4.78, 5) is 4.49. The fourth-order valence-electron chi connectivity index (χ4n) is 3.12. The smallest absolute Gasteiger partial charge is 0.262 e. The van der Waals surface area contributed by atoms with Crippen molar-refractivity contribution in [1.82, 2.24) is 4.72 Å². The predicted molar refractivity (Wildman–Crippen MR) is 119 cm³/mol. The number of rotatable bonds is 6. The van der Waals surface area contributed by atoms with E-state index in [9.17, 15) is 16.8 Å². The van der Waals surface area contributed by atoms with Crippen molar-refractivity contribution in [2.75, 3.05) is 11.3 Å². The number of benzene rings is 2. The monoisotopic (exact) mass is 449 g/mol. The van der Waals surface area contributed by atoms with Gasteiger partial charge in [-0.1, -0.05) is 32.4 Å². The first-order valence-electron chi connectivity index (χ1n) is 9.96. The quantitative estimate of drug-likeness (QED) is 0.698. The molecule has 0 radical (unpaired) electrons. The summed E-state index contributed by atoms with van der Waals surface area (Å²) in [6, 6.07) is 12.3. The van der Waals surface area contributed by atoms with Crippen molar-refractivity contribution >= 4 is 31.6 Å². The van der Waals surface area contributed by atoms with E-state index in [4.69, 9.17) is 0 Å². The molecule has 0 saturated carbocycles. The van der Waals surface area contributed by atoms with Crippen molar-refractivity contribution in [2.24, 2.45) is 4.99 Å². The van der Waals surface area contributed by atoms with Crippen LogP contribution in [0.4, 0.5) is 5.69 Å². The van der Waals surface area contributed by atoms with Gasteiger partial charge in [0.1, 0.15) is 5.84 Å². The van der Waals surface area contributed by atoms with Crippen molar-refractivity contribution in [3.8, 4) is 0 Å². The normalized spacial score (nSPS) is 15.4. The van der Waals surface area contributed by atoms with Gasteiger partial charge < -0.3 is 0 Å². The number of anilines is 1. The zero-order chi connectivity index (χ0) is 21.8. The molecule has 3 rings (SSSR count). The Kier molecular flexibility index (Phi) is 6.82. The number of sulfonamides is 2. The lowest BCUT2D eigenvalue weighted by molar-refractivity contribution is 0.591. The summed E-state index contributed by atoms with van der Waals surface area (Å²) in [6.45, 7) is 4.69. The highest BCUT2D eigenvalue weighted by Crippen LogP contribution is 2.21. The summed E-state index contributed by atoms with van der Waals surface area (Å²) in [6.07, 6.45) is 3.50. The minimum atomic E-state index is -3.77. The first-order valence-corrected chi connectivity index (χ1v) is 12.9. The molecular weight excluding hydrogens is 422 g/mol. The molecule has 2 N–H and O–H groups in total. The number of amidine groups is 1. The molecule has 0 aromatic heterocycles. The fraction of sp³-hybridized carbons (Fsp3) is 0.381. The van der Waals surface area contributed by atoms with E-state index >= 15 is 0 Å². The van der Waals surface area contributed by atoms with Crippen LogP contribution in [0.3, 0.4) is 0 Å². The summed E-state index contributed by atoms with van der Waals surface area (Å²) >= 11 is 0. The van der Waals surface area contributed by atoms with Gasteiger partial charge in [-0.05, 0) is 60.7 Å². The molecule has 7 nitrogen and oxygen atoms in total. The van der Waals surface area contributed by atoms with Gasteiger partial charge in [0.25, 0.3) is 20.0 Å². The second-order valence-corrected chi connectivity index (χ2v) is 11.0. The third-order valence-corrected chi connectivity index (χ3v) is 7.69. The maximum absolute atomic E-state index is 12.6. The van der Waals surface area contributed by atoms with Crippen molar-refractivity contribution < 1.29 is 16.8 Å². The van der Waals surface area contributed by atoms with Crippen LogP contribution in [0.5, 0.6) is 0 Å². The fourth-order valence-corrected chi connectivity index (χ4v) is 5.27. The van der Waals surface area contributed by atoms with Crippen LogP contribution < -0.4 is 9.44 Å². The Labute approximate surface area is 178 Å². The average molecular weight is 450 g/mol. The van der Waals surface area contributed by atoms with Gasteiger partial charge in [0.05, 0.1) is 9.79 Å². The van der Waals surface area contributed by atoms with Crippen molar-refractivity contribution in [3.63, 3.8) is 0 Å². The molecule has 0 unspecified atom stereocenters. The van der Waals surface area contributed by atoms with Crippen LogP contribution in [-0.2, 0) is 20.0 Å². The maximum Gasteiger partial charge on any atom is 0.262 e. The van der Waals surface area contributed by atoms with Gasteiger partial charge in [0.15, 0.2) is 0 Å². The molecule has 0 saturated heterocycles. The summed E-state index contributed by atoms with van der Waals surface area (Å²) in [5.74, 6) is 0.781. The molecule has 1 aliphatic heterocycles. The lowest BCUT2D eigenvalue weighted by Gasteiger charge is -2.12. The van der Waals surface area contributed by atoms with Crippen LogP contribution in [0.2, 0.25) is 0 Å². The molecule has 9 heteroatoms. The van der Waals surface area contributed by atoms with E-state index in [1.54, 1.807) is 24.3 Å². The Balaban J connectivity index is 1.72. The highest BCUT2D eigenvalue weighted by atomic mass is 32.2. The maximum atomic E-state index is 12.6. The largest absolute Gasteiger partial charge is 0.280 e. The standard InChI is InChI=1S/C21H27N3O4S2/c1-16(2)17-7-11-19(12-8-17)29(25,26)23-18-9-13-20(14-10-18)30(27,28)24-21-6-4-3-5-15-22-21/h7-14,16,23H,3-6,15H2,1-2H3,(H,22,24). The third-order valence-electron chi connectivity index (χ3n) is 4.90. The molecular formula is C21H27N3O4S2. The molecule has 0 spiro atoms. The van der Waals surface area contributed by atoms with E-state index in [1.165, 1.54) is 24.3 Å². The molecule has 0 atom stereocenters. The van der Waals surface area contributed by atoms with Gasteiger partial charge in [0, 0.05) is 18.7 Å². The number of nitrogens with one attached hydrogen (secondary N) is 2. The summed E-state index contributed by atoms with van der Waals surface area (Å²) < 4.78 is 55.4. The van der Waals surface area contributed by atoms with E-state index in [-0.39, 0.29) is 15.5 Å². The van der Waals surface area contributed by atoms with Crippen molar-refractivity contribution in [1.29, 1.82) is 0 Å². The molecule has 0 aliphatic carbocycles. The number of aliphatic imine (C=N–C) groups is 1. The third kappa shape index (κ3) is 5.60. The molecule has 0 amide bonds. The van der Waals surface area contributed by atoms with Gasteiger partial charge in [0.2, 0.25) is 0 Å². The van der Waals surface area contributed by atoms with Crippen LogP contribution in [0.25, 0.3) is 0 Å². The number of nitrogens with zero attached hydrogens (tertiary/aromatic N) is 1. The highest BCUT2D eigenvalue weighted by molar-refractivity contribution is 7.92. The minimum Gasteiger partial charge on any atom is -0.280 e. The molecule has 162 valence electrons. The van der Waals surface area contributed by atoms with Crippen LogP contribution in [0.1, 0.15) is 51.0 Å². The van der Waals surface area contributed by atoms with E-state index in [0.717, 1.165) is 24.8 Å². The Hall–Kier alpha value is -2.39. The van der Waals surface area contributed by atoms with Gasteiger partial charge in [-0.2, -0.15) is 0 Å². The Morgan fingerprint density at radius 2 is 1.33 bits per heavy atom. The lowest BCUT2D eigenvalue weighted by atomic mass is 10.0. The molecule has 0 bridgehead atoms. The average Bonchev–Trinajstić information content (AvgIpc) is 2.96. The number of hydrogen-bond donors (Lipinski definition) is 2. The van der Waals surface area contributed by atoms with Gasteiger partial charge in [-0.3, -0.25) is 14.4 Å². The van der Waals surface area contributed by atoms with Crippen LogP contribution in [0, 0.1) is 0 Å². The topological polar surface area (TPSA) is 105 Å². The van der Waals surface area contributed by atoms with Gasteiger partial charge >= 0.3 is 0 Å². The Morgan fingerprint density at radius 3 is 1.93 bits per heavy atom. The SMILES string of the molecule is CC(C)c1ccc(S(=O)(=O)Nc2ccc(S(=O)(=O)NC3=NCCCCC3)cc2)cc1. The molecule has 1 aliphatic rings. The van der Waals surface area contributed by atoms with Gasteiger partial charge in [-0.15, -0.1) is 0 Å². The van der Waals surface area contributed by atoms with Crippen molar-refractivity contribution in [2.45, 2.75) is 55.2 Å². The molecule has 1 heterocycles. The van der Waals surface area contributed by atoms with Gasteiger partial charge in [-0.25, -0.2) is 16.8 Å². The Bertz CT molecular complexity index is 1110. The van der Waals surface area contributed by atoms with E-state index in [0.29, 0.717) is 24.7 Å². The summed E-state index contributed by atoms with van der Waals surface area (Å²) in [5.41, 5.74) is 1.34. The van der Waals surface area contributed by atoms with Crippen LogP contribution >= 0.6 is 0 Å². The molecule has 30 heavy (non-hydrogen) atoms. The molecule has 2 aromatic carbocycles. The number of hydrogen-bond acceptors (Lipinski definition) is 5. The predicted octanol–water partition coefficient (Wildman–Crippen LogP) is 3.86. The summed E-state index contributed by atoms with van der Waals surface area (Å²) in [7, 11) is -7.52. The van der Waals surface area contributed by atoms with Crippen LogP contribution in [0.15, 0.2) is 63.3 Å². The highest BCUT2D eigenvalue weighted by Gasteiger charge is 2.19. The second-order valence-electron chi connectivity index (χ2n) is 7.60. The molecule has 2 aromatic rings. The van der Waals surface area contributed by atoms with Crippen LogP contribution in [-0.4, -0.2) is 29.2 Å². The molecule has 0 fully saturated rings. The first-order chi connectivity index (χ1) is 14.2. The Morgan fingerprint density at radius 1 is 0.767 bits per heavy atom. The van der Waals surface area contributed by atoms with E-state index in [2.05, 4.69) is 14.4 Å².